The van der Waals surface area contributed by atoms with Crippen molar-refractivity contribution in [1.82, 2.24) is 9.88 Å². The van der Waals surface area contributed by atoms with Gasteiger partial charge in [0, 0.05) is 18.3 Å². The van der Waals surface area contributed by atoms with Crippen LogP contribution in [-0.2, 0) is 0 Å². The topological polar surface area (TPSA) is 54.2 Å². The monoisotopic (exact) mass is 278 g/mol. The minimum absolute atomic E-state index is 0.394. The molecule has 2 rings (SSSR count). The number of rotatable bonds is 5. The van der Waals surface area contributed by atoms with E-state index >= 15 is 0 Å². The fraction of sp³-hybridized carbons (Fsp3) is 0.571. The number of pyridine rings is 1. The molecule has 0 saturated carbocycles. The fourth-order valence-corrected chi connectivity index (χ4v) is 2.52. The Bertz CT molecular complexity index is 410. The van der Waals surface area contributed by atoms with Crippen molar-refractivity contribution in [3.05, 3.63) is 23.9 Å². The summed E-state index contributed by atoms with van der Waals surface area (Å²) in [7, 11) is 0. The average molecular weight is 278 g/mol. The standard InChI is InChI=1S/C14H22N4S/c1-2-18-7-5-11(6-8-18)9-16-13-4-3-12(10-17-13)14(15)19/h3-4,10-11H,2,5-9H2,1H3,(H2,15,19)(H,16,17). The molecule has 5 heteroatoms. The first-order chi connectivity index (χ1) is 9.19. The Kier molecular flexibility index (Phi) is 5.10. The van der Waals surface area contributed by atoms with E-state index in [1.54, 1.807) is 6.20 Å². The van der Waals surface area contributed by atoms with E-state index in [-0.39, 0.29) is 0 Å². The van der Waals surface area contributed by atoms with Gasteiger partial charge in [0.2, 0.25) is 0 Å². The second-order valence-electron chi connectivity index (χ2n) is 5.05. The maximum Gasteiger partial charge on any atom is 0.125 e. The van der Waals surface area contributed by atoms with Crippen molar-refractivity contribution in [3.8, 4) is 0 Å². The summed E-state index contributed by atoms with van der Waals surface area (Å²) in [5.41, 5.74) is 6.36. The fourth-order valence-electron chi connectivity index (χ4n) is 2.40. The lowest BCUT2D eigenvalue weighted by molar-refractivity contribution is 0.198. The van der Waals surface area contributed by atoms with Crippen LogP contribution in [-0.4, -0.2) is 41.1 Å². The highest BCUT2D eigenvalue weighted by Gasteiger charge is 2.17. The smallest absolute Gasteiger partial charge is 0.125 e. The summed E-state index contributed by atoms with van der Waals surface area (Å²) in [6.07, 6.45) is 4.27. The molecule has 104 valence electrons. The molecule has 1 aromatic rings. The number of nitrogens with two attached hydrogens (primary N) is 1. The van der Waals surface area contributed by atoms with Crippen molar-refractivity contribution in [2.45, 2.75) is 19.8 Å². The van der Waals surface area contributed by atoms with Crippen LogP contribution in [0.5, 0.6) is 0 Å². The molecule has 1 aliphatic rings. The predicted octanol–water partition coefficient (Wildman–Crippen LogP) is 1.86. The SMILES string of the molecule is CCN1CCC(CNc2ccc(C(N)=S)cn2)CC1. The molecule has 0 aliphatic carbocycles. The molecule has 2 heterocycles. The molecule has 1 fully saturated rings. The van der Waals surface area contributed by atoms with Gasteiger partial charge in [0.25, 0.3) is 0 Å². The Morgan fingerprint density at radius 1 is 1.47 bits per heavy atom. The molecule has 0 spiro atoms. The van der Waals surface area contributed by atoms with E-state index in [1.807, 2.05) is 12.1 Å². The zero-order chi connectivity index (χ0) is 13.7. The molecule has 1 saturated heterocycles. The Morgan fingerprint density at radius 3 is 2.74 bits per heavy atom. The maximum atomic E-state index is 5.55. The summed E-state index contributed by atoms with van der Waals surface area (Å²) in [5.74, 6) is 1.65. The van der Waals surface area contributed by atoms with Crippen LogP contribution in [0.2, 0.25) is 0 Å². The highest BCUT2D eigenvalue weighted by atomic mass is 32.1. The third-order valence-corrected chi connectivity index (χ3v) is 4.01. The number of likely N-dealkylation sites (tertiary alicyclic amines) is 1. The summed E-state index contributed by atoms with van der Waals surface area (Å²) in [6.45, 7) is 6.83. The van der Waals surface area contributed by atoms with Gasteiger partial charge in [-0.15, -0.1) is 0 Å². The molecule has 0 bridgehead atoms. The lowest BCUT2D eigenvalue weighted by Gasteiger charge is -2.31. The molecule has 0 unspecified atom stereocenters. The van der Waals surface area contributed by atoms with Crippen molar-refractivity contribution in [2.24, 2.45) is 11.7 Å². The van der Waals surface area contributed by atoms with Gasteiger partial charge < -0.3 is 16.0 Å². The first-order valence-corrected chi connectivity index (χ1v) is 7.32. The molecule has 4 nitrogen and oxygen atoms in total. The van der Waals surface area contributed by atoms with Gasteiger partial charge in [0.05, 0.1) is 0 Å². The first-order valence-electron chi connectivity index (χ1n) is 6.91. The van der Waals surface area contributed by atoms with Crippen molar-refractivity contribution in [3.63, 3.8) is 0 Å². The summed E-state index contributed by atoms with van der Waals surface area (Å²) < 4.78 is 0. The second kappa shape index (κ2) is 6.82. The molecule has 0 amide bonds. The highest BCUT2D eigenvalue weighted by molar-refractivity contribution is 7.80. The van der Waals surface area contributed by atoms with Gasteiger partial charge in [-0.2, -0.15) is 0 Å². The van der Waals surface area contributed by atoms with Gasteiger partial charge in [-0.05, 0) is 50.5 Å². The third-order valence-electron chi connectivity index (χ3n) is 3.77. The Hall–Kier alpha value is -1.20. The van der Waals surface area contributed by atoms with Crippen LogP contribution in [0.25, 0.3) is 0 Å². The van der Waals surface area contributed by atoms with E-state index in [0.29, 0.717) is 4.99 Å². The lowest BCUT2D eigenvalue weighted by Crippen LogP contribution is -2.35. The molecule has 0 radical (unpaired) electrons. The van der Waals surface area contributed by atoms with Crippen molar-refractivity contribution >= 4 is 23.0 Å². The normalized spacial score (nSPS) is 17.3. The zero-order valence-corrected chi connectivity index (χ0v) is 12.2. The van der Waals surface area contributed by atoms with Gasteiger partial charge in [-0.25, -0.2) is 4.98 Å². The number of nitrogens with one attached hydrogen (secondary N) is 1. The van der Waals surface area contributed by atoms with Crippen molar-refractivity contribution < 1.29 is 0 Å². The number of thiocarbonyl (C=S) groups is 1. The first kappa shape index (κ1) is 14.2. The number of anilines is 1. The Morgan fingerprint density at radius 2 is 2.21 bits per heavy atom. The van der Waals surface area contributed by atoms with Crippen LogP contribution in [0.4, 0.5) is 5.82 Å². The molecule has 0 aromatic carbocycles. The quantitative estimate of drug-likeness (QED) is 0.805. The van der Waals surface area contributed by atoms with Crippen molar-refractivity contribution in [2.75, 3.05) is 31.5 Å². The van der Waals surface area contributed by atoms with E-state index in [1.165, 1.54) is 32.5 Å². The van der Waals surface area contributed by atoms with E-state index < -0.39 is 0 Å². The molecule has 19 heavy (non-hydrogen) atoms. The molecule has 1 aliphatic heterocycles. The number of piperidine rings is 1. The van der Waals surface area contributed by atoms with E-state index in [4.69, 9.17) is 18.0 Å². The second-order valence-corrected chi connectivity index (χ2v) is 5.49. The van der Waals surface area contributed by atoms with Crippen LogP contribution in [0.15, 0.2) is 18.3 Å². The third kappa shape index (κ3) is 4.14. The van der Waals surface area contributed by atoms with Gasteiger partial charge >= 0.3 is 0 Å². The van der Waals surface area contributed by atoms with Gasteiger partial charge in [0.1, 0.15) is 10.8 Å². The molecular formula is C14H22N4S. The predicted molar refractivity (Wildman–Crippen MR) is 83.5 cm³/mol. The molecule has 1 aromatic heterocycles. The van der Waals surface area contributed by atoms with Gasteiger partial charge in [-0.3, -0.25) is 0 Å². The zero-order valence-electron chi connectivity index (χ0n) is 11.4. The maximum absolute atomic E-state index is 5.55. The van der Waals surface area contributed by atoms with Gasteiger partial charge in [-0.1, -0.05) is 19.1 Å². The number of nitrogens with zero attached hydrogens (tertiary/aromatic N) is 2. The number of hydrogen-bond acceptors (Lipinski definition) is 4. The minimum Gasteiger partial charge on any atom is -0.389 e. The summed E-state index contributed by atoms with van der Waals surface area (Å²) in [5, 5.41) is 3.40. The van der Waals surface area contributed by atoms with Gasteiger partial charge in [0.15, 0.2) is 0 Å². The van der Waals surface area contributed by atoms with Crippen LogP contribution >= 0.6 is 12.2 Å². The minimum atomic E-state index is 0.394. The molecule has 3 N–H and O–H groups in total. The Labute approximate surface area is 120 Å². The largest absolute Gasteiger partial charge is 0.389 e. The highest BCUT2D eigenvalue weighted by Crippen LogP contribution is 2.17. The van der Waals surface area contributed by atoms with Crippen LogP contribution in [0.3, 0.4) is 0 Å². The number of hydrogen-bond donors (Lipinski definition) is 2. The number of aromatic nitrogens is 1. The average Bonchev–Trinajstić information content (AvgIpc) is 2.46. The van der Waals surface area contributed by atoms with Crippen LogP contribution in [0.1, 0.15) is 25.3 Å². The summed E-state index contributed by atoms with van der Waals surface area (Å²) >= 11 is 4.91. The molecule has 0 atom stereocenters. The molecular weight excluding hydrogens is 256 g/mol. The van der Waals surface area contributed by atoms with E-state index in [0.717, 1.165) is 23.8 Å². The van der Waals surface area contributed by atoms with E-state index in [9.17, 15) is 0 Å². The van der Waals surface area contributed by atoms with E-state index in [2.05, 4.69) is 22.1 Å². The summed E-state index contributed by atoms with van der Waals surface area (Å²) in [4.78, 5) is 7.23. The summed E-state index contributed by atoms with van der Waals surface area (Å²) in [6, 6.07) is 3.85. The lowest BCUT2D eigenvalue weighted by atomic mass is 9.97. The van der Waals surface area contributed by atoms with Crippen LogP contribution in [0, 0.1) is 5.92 Å². The van der Waals surface area contributed by atoms with Crippen molar-refractivity contribution in [1.29, 1.82) is 0 Å². The Balaban J connectivity index is 1.78. The van der Waals surface area contributed by atoms with Crippen LogP contribution < -0.4 is 11.1 Å².